The number of ether oxygens (including phenoxy) is 3. The fraction of sp³-hybridized carbons (Fsp3) is 0.625. The van der Waals surface area contributed by atoms with Crippen LogP contribution in [0.1, 0.15) is 20.3 Å². The lowest BCUT2D eigenvalue weighted by Crippen LogP contribution is -2.43. The van der Waals surface area contributed by atoms with Crippen molar-refractivity contribution in [2.75, 3.05) is 38.8 Å². The van der Waals surface area contributed by atoms with Crippen LogP contribution in [0.2, 0.25) is 0 Å². The Labute approximate surface area is 127 Å². The normalized spacial score (nSPS) is 19.9. The highest BCUT2D eigenvalue weighted by Gasteiger charge is 2.16. The molecule has 1 aromatic carbocycles. The molecule has 0 spiro atoms. The van der Waals surface area contributed by atoms with E-state index >= 15 is 0 Å². The van der Waals surface area contributed by atoms with E-state index in [0.29, 0.717) is 18.7 Å². The lowest BCUT2D eigenvalue weighted by Gasteiger charge is -2.27. The molecular formula is C16H26N2O3. The molecule has 1 saturated heterocycles. The maximum Gasteiger partial charge on any atom is 0.163 e. The first-order valence-corrected chi connectivity index (χ1v) is 7.61. The molecule has 2 rings (SSSR count). The van der Waals surface area contributed by atoms with Crippen molar-refractivity contribution in [2.24, 2.45) is 0 Å². The minimum absolute atomic E-state index is 0.354. The number of hydrogen-bond acceptors (Lipinski definition) is 5. The number of hydrogen-bond donors (Lipinski definition) is 2. The van der Waals surface area contributed by atoms with Crippen LogP contribution in [0.3, 0.4) is 0 Å². The van der Waals surface area contributed by atoms with Crippen LogP contribution < -0.4 is 20.1 Å². The molecule has 0 aromatic heterocycles. The maximum atomic E-state index is 5.60. The largest absolute Gasteiger partial charge is 0.493 e. The molecule has 0 bridgehead atoms. The number of benzene rings is 1. The zero-order valence-electron chi connectivity index (χ0n) is 13.1. The minimum atomic E-state index is 0.354. The van der Waals surface area contributed by atoms with Gasteiger partial charge in [-0.3, -0.25) is 0 Å². The average Bonchev–Trinajstić information content (AvgIpc) is 2.49. The number of rotatable bonds is 7. The molecule has 21 heavy (non-hydrogen) atoms. The van der Waals surface area contributed by atoms with Gasteiger partial charge in [0.1, 0.15) is 0 Å². The topological polar surface area (TPSA) is 51.8 Å². The summed E-state index contributed by atoms with van der Waals surface area (Å²) in [6, 6.07) is 6.71. The van der Waals surface area contributed by atoms with Crippen molar-refractivity contribution in [1.82, 2.24) is 5.32 Å². The molecule has 5 nitrogen and oxygen atoms in total. The van der Waals surface area contributed by atoms with Crippen molar-refractivity contribution in [3.63, 3.8) is 0 Å². The summed E-state index contributed by atoms with van der Waals surface area (Å²) in [7, 11) is 1.66. The predicted molar refractivity (Wildman–Crippen MR) is 84.5 cm³/mol. The standard InChI is InChI=1S/C16H26N2O3/c1-4-21-16-10-13(5-6-15(16)19-3)18-12(2)9-14-11-20-8-7-17-14/h5-6,10,12,14,17-18H,4,7-9,11H2,1-3H3. The van der Waals surface area contributed by atoms with Crippen LogP contribution in [-0.2, 0) is 4.74 Å². The van der Waals surface area contributed by atoms with Gasteiger partial charge in [-0.25, -0.2) is 0 Å². The van der Waals surface area contributed by atoms with Crippen molar-refractivity contribution < 1.29 is 14.2 Å². The van der Waals surface area contributed by atoms with E-state index in [0.717, 1.165) is 43.4 Å². The Bertz CT molecular complexity index is 434. The van der Waals surface area contributed by atoms with Gasteiger partial charge in [-0.1, -0.05) is 0 Å². The molecule has 1 aliphatic heterocycles. The fourth-order valence-corrected chi connectivity index (χ4v) is 2.58. The van der Waals surface area contributed by atoms with E-state index in [9.17, 15) is 0 Å². The summed E-state index contributed by atoms with van der Waals surface area (Å²) in [5.41, 5.74) is 1.04. The Balaban J connectivity index is 1.93. The van der Waals surface area contributed by atoms with Crippen molar-refractivity contribution in [3.8, 4) is 11.5 Å². The molecule has 118 valence electrons. The van der Waals surface area contributed by atoms with E-state index in [1.807, 2.05) is 25.1 Å². The molecule has 1 aromatic rings. The highest BCUT2D eigenvalue weighted by molar-refractivity contribution is 5.55. The summed E-state index contributed by atoms with van der Waals surface area (Å²) >= 11 is 0. The lowest BCUT2D eigenvalue weighted by molar-refractivity contribution is 0.0731. The Kier molecular flexibility index (Phi) is 6.14. The third-order valence-corrected chi connectivity index (χ3v) is 3.51. The maximum absolute atomic E-state index is 5.60. The third-order valence-electron chi connectivity index (χ3n) is 3.51. The molecule has 0 radical (unpaired) electrons. The smallest absolute Gasteiger partial charge is 0.163 e. The molecule has 5 heteroatoms. The van der Waals surface area contributed by atoms with Crippen LogP contribution in [0.4, 0.5) is 5.69 Å². The summed E-state index contributed by atoms with van der Waals surface area (Å²) < 4.78 is 16.4. The molecule has 0 aliphatic carbocycles. The first-order chi connectivity index (χ1) is 10.2. The van der Waals surface area contributed by atoms with Crippen molar-refractivity contribution in [3.05, 3.63) is 18.2 Å². The van der Waals surface area contributed by atoms with Gasteiger partial charge in [0.25, 0.3) is 0 Å². The summed E-state index contributed by atoms with van der Waals surface area (Å²) in [4.78, 5) is 0. The molecule has 0 saturated carbocycles. The molecule has 2 N–H and O–H groups in total. The second kappa shape index (κ2) is 8.10. The summed E-state index contributed by atoms with van der Waals surface area (Å²) in [6.45, 7) is 7.32. The van der Waals surface area contributed by atoms with Gasteiger partial charge < -0.3 is 24.8 Å². The van der Waals surface area contributed by atoms with Crippen LogP contribution in [0.25, 0.3) is 0 Å². The van der Waals surface area contributed by atoms with Crippen LogP contribution in [0.15, 0.2) is 18.2 Å². The highest BCUT2D eigenvalue weighted by Crippen LogP contribution is 2.30. The zero-order valence-corrected chi connectivity index (χ0v) is 13.1. The second-order valence-corrected chi connectivity index (χ2v) is 5.31. The van der Waals surface area contributed by atoms with E-state index in [1.54, 1.807) is 7.11 Å². The van der Waals surface area contributed by atoms with Crippen LogP contribution in [0, 0.1) is 0 Å². The highest BCUT2D eigenvalue weighted by atomic mass is 16.5. The quantitative estimate of drug-likeness (QED) is 0.808. The van der Waals surface area contributed by atoms with Crippen LogP contribution >= 0.6 is 0 Å². The Hall–Kier alpha value is -1.46. The van der Waals surface area contributed by atoms with Gasteiger partial charge in [-0.15, -0.1) is 0 Å². The van der Waals surface area contributed by atoms with Gasteiger partial charge in [-0.05, 0) is 32.4 Å². The zero-order chi connectivity index (χ0) is 15.1. The van der Waals surface area contributed by atoms with Gasteiger partial charge in [0.05, 0.1) is 26.9 Å². The lowest BCUT2D eigenvalue weighted by atomic mass is 10.1. The minimum Gasteiger partial charge on any atom is -0.493 e. The summed E-state index contributed by atoms with van der Waals surface area (Å²) in [5, 5.41) is 6.98. The number of morpholine rings is 1. The van der Waals surface area contributed by atoms with Gasteiger partial charge in [-0.2, -0.15) is 0 Å². The fourth-order valence-electron chi connectivity index (χ4n) is 2.58. The summed E-state index contributed by atoms with van der Waals surface area (Å²) in [5.74, 6) is 1.54. The molecular weight excluding hydrogens is 268 g/mol. The van der Waals surface area contributed by atoms with E-state index in [-0.39, 0.29) is 0 Å². The van der Waals surface area contributed by atoms with Crippen LogP contribution in [-0.4, -0.2) is 45.6 Å². The Morgan fingerprint density at radius 1 is 1.43 bits per heavy atom. The molecule has 1 aliphatic rings. The summed E-state index contributed by atoms with van der Waals surface area (Å²) in [6.07, 6.45) is 1.02. The van der Waals surface area contributed by atoms with Gasteiger partial charge >= 0.3 is 0 Å². The third kappa shape index (κ3) is 4.79. The van der Waals surface area contributed by atoms with Crippen molar-refractivity contribution in [1.29, 1.82) is 0 Å². The van der Waals surface area contributed by atoms with Gasteiger partial charge in [0.2, 0.25) is 0 Å². The predicted octanol–water partition coefficient (Wildman–Crippen LogP) is 2.27. The van der Waals surface area contributed by atoms with E-state index < -0.39 is 0 Å². The molecule has 1 fully saturated rings. The van der Waals surface area contributed by atoms with Crippen LogP contribution in [0.5, 0.6) is 11.5 Å². The first kappa shape index (κ1) is 15.9. The SMILES string of the molecule is CCOc1cc(NC(C)CC2COCCN2)ccc1OC. The molecule has 1 heterocycles. The Morgan fingerprint density at radius 3 is 2.95 bits per heavy atom. The first-order valence-electron chi connectivity index (χ1n) is 7.61. The number of methoxy groups -OCH3 is 1. The van der Waals surface area contributed by atoms with Gasteiger partial charge in [0.15, 0.2) is 11.5 Å². The van der Waals surface area contributed by atoms with Crippen molar-refractivity contribution >= 4 is 5.69 Å². The molecule has 0 amide bonds. The monoisotopic (exact) mass is 294 g/mol. The molecule has 2 unspecified atom stereocenters. The second-order valence-electron chi connectivity index (χ2n) is 5.31. The Morgan fingerprint density at radius 2 is 2.29 bits per heavy atom. The number of nitrogens with one attached hydrogen (secondary N) is 2. The number of anilines is 1. The van der Waals surface area contributed by atoms with E-state index in [2.05, 4.69) is 17.6 Å². The molecule has 2 atom stereocenters. The van der Waals surface area contributed by atoms with E-state index in [1.165, 1.54) is 0 Å². The average molecular weight is 294 g/mol. The van der Waals surface area contributed by atoms with Gasteiger partial charge in [0, 0.05) is 30.4 Å². The van der Waals surface area contributed by atoms with E-state index in [4.69, 9.17) is 14.2 Å². The van der Waals surface area contributed by atoms with Crippen molar-refractivity contribution in [2.45, 2.75) is 32.4 Å².